The zero-order chi connectivity index (χ0) is 14.4. The highest BCUT2D eigenvalue weighted by Gasteiger charge is 2.15. The first-order chi connectivity index (χ1) is 8.97. The van der Waals surface area contributed by atoms with Crippen molar-refractivity contribution in [2.24, 2.45) is 0 Å². The summed E-state index contributed by atoms with van der Waals surface area (Å²) < 4.78 is 10.1. The van der Waals surface area contributed by atoms with Gasteiger partial charge < -0.3 is 9.47 Å². The van der Waals surface area contributed by atoms with Gasteiger partial charge in [-0.25, -0.2) is 4.79 Å². The van der Waals surface area contributed by atoms with Gasteiger partial charge in [0.25, 0.3) is 5.69 Å². The summed E-state index contributed by atoms with van der Waals surface area (Å²) in [5, 5.41) is 10.8. The molecule has 0 radical (unpaired) electrons. The van der Waals surface area contributed by atoms with Crippen molar-refractivity contribution in [3.63, 3.8) is 0 Å². The lowest BCUT2D eigenvalue weighted by Crippen LogP contribution is -2.13. The highest BCUT2D eigenvalue weighted by atomic mass is 16.6. The Morgan fingerprint density at radius 3 is 2.74 bits per heavy atom. The van der Waals surface area contributed by atoms with Gasteiger partial charge in [-0.15, -0.1) is 0 Å². The van der Waals surface area contributed by atoms with Gasteiger partial charge in [0.1, 0.15) is 12.4 Å². The third-order valence-corrected chi connectivity index (χ3v) is 2.42. The zero-order valence-electron chi connectivity index (χ0n) is 10.8. The van der Waals surface area contributed by atoms with Crippen LogP contribution in [0.15, 0.2) is 30.4 Å². The number of rotatable bonds is 6. The van der Waals surface area contributed by atoms with Crippen LogP contribution in [-0.2, 0) is 9.53 Å². The SMILES string of the molecule is C=C(COc1cccc([N+](=O)[O-])c1C)C(=O)OCC. The smallest absolute Gasteiger partial charge is 0.336 e. The Balaban J connectivity index is 2.74. The lowest BCUT2D eigenvalue weighted by Gasteiger charge is -2.10. The van der Waals surface area contributed by atoms with Crippen LogP contribution in [0.1, 0.15) is 12.5 Å². The van der Waals surface area contributed by atoms with Gasteiger partial charge in [0, 0.05) is 6.07 Å². The van der Waals surface area contributed by atoms with Crippen molar-refractivity contribution in [2.75, 3.05) is 13.2 Å². The molecule has 0 aliphatic rings. The molecule has 0 aromatic heterocycles. The fraction of sp³-hybridized carbons (Fsp3) is 0.308. The van der Waals surface area contributed by atoms with E-state index in [0.29, 0.717) is 11.3 Å². The molecule has 1 aromatic rings. The van der Waals surface area contributed by atoms with Crippen LogP contribution in [0.3, 0.4) is 0 Å². The lowest BCUT2D eigenvalue weighted by atomic mass is 10.2. The van der Waals surface area contributed by atoms with Crippen molar-refractivity contribution in [1.29, 1.82) is 0 Å². The minimum Gasteiger partial charge on any atom is -0.488 e. The maximum Gasteiger partial charge on any atom is 0.336 e. The molecule has 1 rings (SSSR count). The number of nitro benzene ring substituents is 1. The van der Waals surface area contributed by atoms with Gasteiger partial charge in [-0.2, -0.15) is 0 Å². The van der Waals surface area contributed by atoms with E-state index >= 15 is 0 Å². The molecule has 6 heteroatoms. The van der Waals surface area contributed by atoms with E-state index in [2.05, 4.69) is 6.58 Å². The van der Waals surface area contributed by atoms with Gasteiger partial charge in [-0.3, -0.25) is 10.1 Å². The molecular formula is C13H15NO5. The summed E-state index contributed by atoms with van der Waals surface area (Å²) >= 11 is 0. The molecule has 0 aliphatic heterocycles. The van der Waals surface area contributed by atoms with Crippen LogP contribution in [0, 0.1) is 17.0 Å². The maximum atomic E-state index is 11.3. The molecule has 1 aromatic carbocycles. The second-order valence-electron chi connectivity index (χ2n) is 3.77. The first-order valence-corrected chi connectivity index (χ1v) is 5.69. The van der Waals surface area contributed by atoms with E-state index in [0.717, 1.165) is 0 Å². The normalized spacial score (nSPS) is 9.79. The summed E-state index contributed by atoms with van der Waals surface area (Å²) in [5.41, 5.74) is 0.538. The van der Waals surface area contributed by atoms with Crippen LogP contribution < -0.4 is 4.74 Å². The maximum absolute atomic E-state index is 11.3. The molecule has 19 heavy (non-hydrogen) atoms. The average Bonchev–Trinajstić information content (AvgIpc) is 2.37. The van der Waals surface area contributed by atoms with Crippen molar-refractivity contribution >= 4 is 11.7 Å². The second-order valence-corrected chi connectivity index (χ2v) is 3.77. The molecule has 0 N–H and O–H groups in total. The number of carbonyl (C=O) groups is 1. The Morgan fingerprint density at radius 2 is 2.16 bits per heavy atom. The van der Waals surface area contributed by atoms with Gasteiger partial charge in [-0.05, 0) is 19.9 Å². The van der Waals surface area contributed by atoms with E-state index in [4.69, 9.17) is 9.47 Å². The number of hydrogen-bond acceptors (Lipinski definition) is 5. The molecule has 0 bridgehead atoms. The number of ether oxygens (including phenoxy) is 2. The van der Waals surface area contributed by atoms with Crippen molar-refractivity contribution in [1.82, 2.24) is 0 Å². The van der Waals surface area contributed by atoms with E-state index in [9.17, 15) is 14.9 Å². The molecule has 0 heterocycles. The van der Waals surface area contributed by atoms with E-state index < -0.39 is 10.9 Å². The average molecular weight is 265 g/mol. The molecule has 0 unspecified atom stereocenters. The number of esters is 1. The minimum atomic E-state index is -0.536. The summed E-state index contributed by atoms with van der Waals surface area (Å²) in [6, 6.07) is 4.51. The molecule has 0 aliphatic carbocycles. The Kier molecular flexibility index (Phi) is 5.05. The van der Waals surface area contributed by atoms with E-state index in [1.165, 1.54) is 12.1 Å². The summed E-state index contributed by atoms with van der Waals surface area (Å²) in [5.74, 6) is -0.190. The van der Waals surface area contributed by atoms with Gasteiger partial charge >= 0.3 is 5.97 Å². The topological polar surface area (TPSA) is 78.7 Å². The van der Waals surface area contributed by atoms with Crippen molar-refractivity contribution in [2.45, 2.75) is 13.8 Å². The summed E-state index contributed by atoms with van der Waals surface area (Å²) in [6.45, 7) is 7.01. The summed E-state index contributed by atoms with van der Waals surface area (Å²) in [4.78, 5) is 21.6. The van der Waals surface area contributed by atoms with Gasteiger partial charge in [0.2, 0.25) is 0 Å². The molecular weight excluding hydrogens is 250 g/mol. The molecule has 102 valence electrons. The molecule has 6 nitrogen and oxygen atoms in total. The molecule has 0 saturated carbocycles. The van der Waals surface area contributed by atoms with Crippen LogP contribution in [0.5, 0.6) is 5.75 Å². The van der Waals surface area contributed by atoms with Crippen molar-refractivity contribution in [3.05, 3.63) is 46.0 Å². The Hall–Kier alpha value is -2.37. The molecule has 0 amide bonds. The van der Waals surface area contributed by atoms with Crippen LogP contribution >= 0.6 is 0 Å². The molecule has 0 fully saturated rings. The van der Waals surface area contributed by atoms with Gasteiger partial charge in [-0.1, -0.05) is 12.6 Å². The molecule has 0 spiro atoms. The van der Waals surface area contributed by atoms with E-state index in [-0.39, 0.29) is 24.5 Å². The highest BCUT2D eigenvalue weighted by molar-refractivity contribution is 5.88. The standard InChI is InChI=1S/C13H15NO5/c1-4-18-13(15)9(2)8-19-12-7-5-6-11(10(12)3)14(16)17/h5-7H,2,4,8H2,1,3H3. The third kappa shape index (κ3) is 3.80. The highest BCUT2D eigenvalue weighted by Crippen LogP contribution is 2.27. The largest absolute Gasteiger partial charge is 0.488 e. The second kappa shape index (κ2) is 6.53. The van der Waals surface area contributed by atoms with E-state index in [1.807, 2.05) is 0 Å². The van der Waals surface area contributed by atoms with Crippen LogP contribution in [0.2, 0.25) is 0 Å². The van der Waals surface area contributed by atoms with Crippen molar-refractivity contribution in [3.8, 4) is 5.75 Å². The number of hydrogen-bond donors (Lipinski definition) is 0. The fourth-order valence-corrected chi connectivity index (χ4v) is 1.41. The molecule has 0 saturated heterocycles. The first kappa shape index (κ1) is 14.7. The number of nitro groups is 1. The van der Waals surface area contributed by atoms with Crippen LogP contribution in [-0.4, -0.2) is 24.1 Å². The summed E-state index contributed by atoms with van der Waals surface area (Å²) in [7, 11) is 0. The zero-order valence-corrected chi connectivity index (χ0v) is 10.8. The third-order valence-electron chi connectivity index (χ3n) is 2.42. The van der Waals surface area contributed by atoms with E-state index in [1.54, 1.807) is 19.9 Å². The molecule has 0 atom stereocenters. The van der Waals surface area contributed by atoms with Crippen LogP contribution in [0.25, 0.3) is 0 Å². The lowest BCUT2D eigenvalue weighted by molar-refractivity contribution is -0.385. The predicted molar refractivity (Wildman–Crippen MR) is 69.1 cm³/mol. The summed E-state index contributed by atoms with van der Waals surface area (Å²) in [6.07, 6.45) is 0. The van der Waals surface area contributed by atoms with Crippen LogP contribution in [0.4, 0.5) is 5.69 Å². The number of carbonyl (C=O) groups excluding carboxylic acids is 1. The minimum absolute atomic E-state index is 0.0285. The Labute approximate surface area is 110 Å². The number of nitrogens with zero attached hydrogens (tertiary/aromatic N) is 1. The van der Waals surface area contributed by atoms with Gasteiger partial charge in [0.15, 0.2) is 0 Å². The van der Waals surface area contributed by atoms with Crippen molar-refractivity contribution < 1.29 is 19.2 Å². The predicted octanol–water partition coefficient (Wildman–Crippen LogP) is 2.40. The quantitative estimate of drug-likeness (QED) is 0.341. The van der Waals surface area contributed by atoms with Gasteiger partial charge in [0.05, 0.1) is 22.7 Å². The Bertz CT molecular complexity index is 510. The number of benzene rings is 1. The first-order valence-electron chi connectivity index (χ1n) is 5.69. The monoisotopic (exact) mass is 265 g/mol. The fourth-order valence-electron chi connectivity index (χ4n) is 1.41. The Morgan fingerprint density at radius 1 is 1.47 bits per heavy atom.